The number of imidazole rings is 1. The Morgan fingerprint density at radius 2 is 2.10 bits per heavy atom. The van der Waals surface area contributed by atoms with E-state index in [2.05, 4.69) is 9.97 Å². The Balaban J connectivity index is 2.18. The lowest BCUT2D eigenvalue weighted by atomic mass is 10.2. The van der Waals surface area contributed by atoms with E-state index in [4.69, 9.17) is 0 Å². The molecule has 114 valence electrons. The summed E-state index contributed by atoms with van der Waals surface area (Å²) in [7, 11) is 0. The summed E-state index contributed by atoms with van der Waals surface area (Å²) in [5.74, 6) is -0.418. The van der Waals surface area contributed by atoms with Crippen LogP contribution in [-0.2, 0) is 6.54 Å². The zero-order valence-corrected chi connectivity index (χ0v) is 11.6. The molecular weight excluding hydrogens is 285 g/mol. The quantitative estimate of drug-likeness (QED) is 0.943. The molecular formula is C13H15F3N4O. The van der Waals surface area contributed by atoms with Gasteiger partial charge in [0.05, 0.1) is 11.9 Å². The molecule has 0 atom stereocenters. The van der Waals surface area contributed by atoms with Crippen LogP contribution in [-0.4, -0.2) is 33.2 Å². The Bertz CT molecular complexity index is 648. The molecule has 2 aromatic heterocycles. The van der Waals surface area contributed by atoms with Gasteiger partial charge in [0, 0.05) is 12.7 Å². The molecule has 2 heterocycles. The summed E-state index contributed by atoms with van der Waals surface area (Å²) in [6.07, 6.45) is -1.58. The number of hydrogen-bond acceptors (Lipinski definition) is 3. The monoisotopic (exact) mass is 300 g/mol. The maximum absolute atomic E-state index is 12.1. The minimum absolute atomic E-state index is 0.0570. The number of halogens is 3. The molecule has 8 heteroatoms. The third kappa shape index (κ3) is 3.93. The summed E-state index contributed by atoms with van der Waals surface area (Å²) < 4.78 is 38.0. The standard InChI is InChI=1S/C13H15F3N4O/c1-8(2)5-20-7-19-10-3-9(4-17-11(10)20)12(21)18-6-13(14,15)16/h3-4,7-8H,5-6H2,1-2H3,(H,18,21). The first-order valence-corrected chi connectivity index (χ1v) is 6.42. The van der Waals surface area contributed by atoms with Crippen LogP contribution in [0.4, 0.5) is 13.2 Å². The van der Waals surface area contributed by atoms with Gasteiger partial charge in [0.15, 0.2) is 5.65 Å². The van der Waals surface area contributed by atoms with Crippen molar-refractivity contribution in [1.29, 1.82) is 0 Å². The van der Waals surface area contributed by atoms with Gasteiger partial charge in [0.2, 0.25) is 0 Å². The summed E-state index contributed by atoms with van der Waals surface area (Å²) in [4.78, 5) is 19.9. The average molecular weight is 300 g/mol. The predicted molar refractivity (Wildman–Crippen MR) is 70.8 cm³/mol. The van der Waals surface area contributed by atoms with Crippen molar-refractivity contribution < 1.29 is 18.0 Å². The van der Waals surface area contributed by atoms with Crippen molar-refractivity contribution in [1.82, 2.24) is 19.9 Å². The van der Waals surface area contributed by atoms with Crippen molar-refractivity contribution in [2.24, 2.45) is 5.92 Å². The molecule has 21 heavy (non-hydrogen) atoms. The second kappa shape index (κ2) is 5.71. The molecule has 0 aliphatic carbocycles. The Hall–Kier alpha value is -2.12. The van der Waals surface area contributed by atoms with Crippen LogP contribution in [0.2, 0.25) is 0 Å². The van der Waals surface area contributed by atoms with Gasteiger partial charge in [-0.15, -0.1) is 0 Å². The van der Waals surface area contributed by atoms with Gasteiger partial charge < -0.3 is 9.88 Å². The smallest absolute Gasteiger partial charge is 0.343 e. The van der Waals surface area contributed by atoms with E-state index in [0.717, 1.165) is 6.54 Å². The van der Waals surface area contributed by atoms with Crippen molar-refractivity contribution in [2.75, 3.05) is 6.54 Å². The maximum Gasteiger partial charge on any atom is 0.405 e. The van der Waals surface area contributed by atoms with E-state index in [1.807, 2.05) is 18.4 Å². The largest absolute Gasteiger partial charge is 0.405 e. The lowest BCUT2D eigenvalue weighted by molar-refractivity contribution is -0.123. The number of alkyl halides is 3. The van der Waals surface area contributed by atoms with Crippen molar-refractivity contribution in [3.63, 3.8) is 0 Å². The fourth-order valence-corrected chi connectivity index (χ4v) is 1.88. The van der Waals surface area contributed by atoms with Crippen LogP contribution in [0.15, 0.2) is 18.6 Å². The normalized spacial score (nSPS) is 12.1. The summed E-state index contributed by atoms with van der Waals surface area (Å²) in [6.45, 7) is 3.45. The Morgan fingerprint density at radius 1 is 1.38 bits per heavy atom. The number of pyridine rings is 1. The van der Waals surface area contributed by atoms with Crippen LogP contribution in [0.3, 0.4) is 0 Å². The first-order chi connectivity index (χ1) is 9.76. The molecule has 5 nitrogen and oxygen atoms in total. The number of nitrogens with one attached hydrogen (secondary N) is 1. The Morgan fingerprint density at radius 3 is 2.71 bits per heavy atom. The molecule has 0 saturated carbocycles. The Labute approximate surface area is 119 Å². The van der Waals surface area contributed by atoms with Gasteiger partial charge in [-0.1, -0.05) is 13.8 Å². The molecule has 0 aromatic carbocycles. The fourth-order valence-electron chi connectivity index (χ4n) is 1.88. The number of aromatic nitrogens is 3. The van der Waals surface area contributed by atoms with Crippen molar-refractivity contribution in [3.05, 3.63) is 24.2 Å². The summed E-state index contributed by atoms with van der Waals surface area (Å²) >= 11 is 0. The van der Waals surface area contributed by atoms with Crippen LogP contribution in [0.1, 0.15) is 24.2 Å². The van der Waals surface area contributed by atoms with Crippen LogP contribution in [0, 0.1) is 5.92 Å². The van der Waals surface area contributed by atoms with Crippen molar-refractivity contribution in [3.8, 4) is 0 Å². The zero-order chi connectivity index (χ0) is 15.6. The Kier molecular flexibility index (Phi) is 4.15. The topological polar surface area (TPSA) is 59.8 Å². The molecule has 0 aliphatic rings. The molecule has 1 N–H and O–H groups in total. The lowest BCUT2D eigenvalue weighted by Gasteiger charge is -2.08. The minimum Gasteiger partial charge on any atom is -0.343 e. The van der Waals surface area contributed by atoms with Crippen LogP contribution in [0.25, 0.3) is 11.2 Å². The number of nitrogens with zero attached hydrogens (tertiary/aromatic N) is 3. The SMILES string of the molecule is CC(C)Cn1cnc2cc(C(=O)NCC(F)(F)F)cnc21. The molecule has 0 radical (unpaired) electrons. The molecule has 0 spiro atoms. The number of amides is 1. The number of rotatable bonds is 4. The van der Waals surface area contributed by atoms with Gasteiger partial charge in [-0.05, 0) is 12.0 Å². The second-order valence-electron chi connectivity index (χ2n) is 5.16. The number of hydrogen-bond donors (Lipinski definition) is 1. The van der Waals surface area contributed by atoms with Gasteiger partial charge in [-0.2, -0.15) is 13.2 Å². The van der Waals surface area contributed by atoms with E-state index in [0.29, 0.717) is 17.1 Å². The first kappa shape index (κ1) is 15.3. The van der Waals surface area contributed by atoms with Gasteiger partial charge in [0.1, 0.15) is 12.1 Å². The number of carbonyl (C=O) groups excluding carboxylic acids is 1. The van der Waals surface area contributed by atoms with E-state index in [9.17, 15) is 18.0 Å². The zero-order valence-electron chi connectivity index (χ0n) is 11.6. The van der Waals surface area contributed by atoms with E-state index < -0.39 is 18.6 Å². The molecule has 0 unspecified atom stereocenters. The lowest BCUT2D eigenvalue weighted by Crippen LogP contribution is -2.33. The highest BCUT2D eigenvalue weighted by Gasteiger charge is 2.28. The molecule has 0 saturated heterocycles. The summed E-state index contributed by atoms with van der Waals surface area (Å²) in [6, 6.07) is 1.44. The van der Waals surface area contributed by atoms with E-state index in [1.165, 1.54) is 12.3 Å². The average Bonchev–Trinajstić information content (AvgIpc) is 2.77. The third-order valence-electron chi connectivity index (χ3n) is 2.73. The molecule has 0 aliphatic heterocycles. The highest BCUT2D eigenvalue weighted by Crippen LogP contribution is 2.15. The van der Waals surface area contributed by atoms with Crippen molar-refractivity contribution in [2.45, 2.75) is 26.6 Å². The van der Waals surface area contributed by atoms with Crippen LogP contribution >= 0.6 is 0 Å². The molecule has 1 amide bonds. The summed E-state index contributed by atoms with van der Waals surface area (Å²) in [5.41, 5.74) is 1.15. The number of fused-ring (bicyclic) bond motifs is 1. The maximum atomic E-state index is 12.1. The van der Waals surface area contributed by atoms with Crippen LogP contribution in [0.5, 0.6) is 0 Å². The van der Waals surface area contributed by atoms with E-state index in [1.54, 1.807) is 11.6 Å². The van der Waals surface area contributed by atoms with Gasteiger partial charge >= 0.3 is 6.18 Å². The molecule has 2 rings (SSSR count). The summed E-state index contributed by atoms with van der Waals surface area (Å²) in [5, 5.41) is 1.80. The minimum atomic E-state index is -4.44. The van der Waals surface area contributed by atoms with Gasteiger partial charge in [0.25, 0.3) is 5.91 Å². The highest BCUT2D eigenvalue weighted by atomic mass is 19.4. The molecule has 2 aromatic rings. The second-order valence-corrected chi connectivity index (χ2v) is 5.16. The third-order valence-corrected chi connectivity index (χ3v) is 2.73. The van der Waals surface area contributed by atoms with Gasteiger partial charge in [-0.25, -0.2) is 9.97 Å². The highest BCUT2D eigenvalue weighted by molar-refractivity contribution is 5.96. The first-order valence-electron chi connectivity index (χ1n) is 6.42. The van der Waals surface area contributed by atoms with E-state index in [-0.39, 0.29) is 5.56 Å². The van der Waals surface area contributed by atoms with E-state index >= 15 is 0 Å². The predicted octanol–water partition coefficient (Wildman–Crippen LogP) is 2.38. The number of carbonyl (C=O) groups is 1. The fraction of sp³-hybridized carbons (Fsp3) is 0.462. The van der Waals surface area contributed by atoms with Gasteiger partial charge in [-0.3, -0.25) is 4.79 Å². The molecule has 0 fully saturated rings. The van der Waals surface area contributed by atoms with Crippen LogP contribution < -0.4 is 5.32 Å². The molecule has 0 bridgehead atoms. The van der Waals surface area contributed by atoms with Crippen molar-refractivity contribution >= 4 is 17.1 Å².